The summed E-state index contributed by atoms with van der Waals surface area (Å²) < 4.78 is 5.32. The Hall–Kier alpha value is -4.13. The molecule has 5 rings (SSSR count). The van der Waals surface area contributed by atoms with Crippen LogP contribution in [0.4, 0.5) is 17.5 Å². The normalized spacial score (nSPS) is 11.1. The molecule has 142 valence electrons. The highest BCUT2D eigenvalue weighted by molar-refractivity contribution is 5.99. The fourth-order valence-electron chi connectivity index (χ4n) is 3.47. The topological polar surface area (TPSA) is 102 Å². The molecule has 0 amide bonds. The van der Waals surface area contributed by atoms with E-state index in [1.807, 2.05) is 24.4 Å². The molecule has 0 radical (unpaired) electrons. The van der Waals surface area contributed by atoms with Crippen molar-refractivity contribution in [2.24, 2.45) is 0 Å². The molecule has 0 aliphatic heterocycles. The minimum Gasteiger partial charge on any atom is -0.497 e. The molecule has 0 aliphatic rings. The van der Waals surface area contributed by atoms with Crippen LogP contribution in [0.3, 0.4) is 0 Å². The van der Waals surface area contributed by atoms with Crippen LogP contribution in [0.25, 0.3) is 32.8 Å². The van der Waals surface area contributed by atoms with Crippen molar-refractivity contribution in [2.75, 3.05) is 18.2 Å². The molecule has 0 unspecified atom stereocenters. The number of nitrogen functional groups attached to an aromatic ring is 1. The fraction of sp³-hybridized carbons (Fsp3) is 0.0455. The number of ether oxygens (including phenoxy) is 1. The zero-order chi connectivity index (χ0) is 19.8. The van der Waals surface area contributed by atoms with Crippen LogP contribution < -0.4 is 15.8 Å². The van der Waals surface area contributed by atoms with Gasteiger partial charge in [-0.25, -0.2) is 4.98 Å². The van der Waals surface area contributed by atoms with Gasteiger partial charge in [0.2, 0.25) is 5.95 Å². The smallest absolute Gasteiger partial charge is 0.221 e. The molecular weight excluding hydrogens is 364 g/mol. The second kappa shape index (κ2) is 6.79. The van der Waals surface area contributed by atoms with Crippen LogP contribution >= 0.6 is 0 Å². The number of nitrogens with zero attached hydrogens (tertiary/aromatic N) is 3. The summed E-state index contributed by atoms with van der Waals surface area (Å²) in [5.41, 5.74) is 9.69. The average Bonchev–Trinajstić information content (AvgIpc) is 3.21. The largest absolute Gasteiger partial charge is 0.497 e. The molecule has 4 N–H and O–H groups in total. The van der Waals surface area contributed by atoms with E-state index in [1.165, 1.54) is 0 Å². The molecule has 0 spiro atoms. The molecular formula is C22H18N6O. The Morgan fingerprint density at radius 1 is 0.966 bits per heavy atom. The number of aromatic amines is 1. The first-order chi connectivity index (χ1) is 14.2. The van der Waals surface area contributed by atoms with Crippen molar-refractivity contribution in [1.29, 1.82) is 0 Å². The molecule has 0 saturated heterocycles. The Bertz CT molecular complexity index is 1340. The van der Waals surface area contributed by atoms with Gasteiger partial charge in [-0.3, -0.25) is 5.10 Å². The molecule has 7 nitrogen and oxygen atoms in total. The maximum atomic E-state index is 5.69. The number of hydrogen-bond donors (Lipinski definition) is 3. The van der Waals surface area contributed by atoms with Gasteiger partial charge in [0.05, 0.1) is 18.8 Å². The third-order valence-corrected chi connectivity index (χ3v) is 4.85. The number of H-pyrrole nitrogens is 1. The monoisotopic (exact) mass is 382 g/mol. The number of nitrogens with one attached hydrogen (secondary N) is 2. The van der Waals surface area contributed by atoms with Crippen LogP contribution in [0, 0.1) is 0 Å². The molecule has 2 heterocycles. The summed E-state index contributed by atoms with van der Waals surface area (Å²) in [6, 6.07) is 18.3. The van der Waals surface area contributed by atoms with E-state index in [0.29, 0.717) is 5.82 Å². The molecule has 0 atom stereocenters. The van der Waals surface area contributed by atoms with Crippen molar-refractivity contribution in [2.45, 2.75) is 0 Å². The minimum atomic E-state index is 0.226. The first kappa shape index (κ1) is 17.0. The Kier molecular flexibility index (Phi) is 3.98. The third-order valence-electron chi connectivity index (χ3n) is 4.85. The zero-order valence-corrected chi connectivity index (χ0v) is 15.7. The van der Waals surface area contributed by atoms with Gasteiger partial charge in [-0.1, -0.05) is 18.2 Å². The van der Waals surface area contributed by atoms with Crippen molar-refractivity contribution in [3.8, 4) is 16.9 Å². The maximum Gasteiger partial charge on any atom is 0.221 e. The van der Waals surface area contributed by atoms with Gasteiger partial charge in [-0.2, -0.15) is 10.1 Å². The summed E-state index contributed by atoms with van der Waals surface area (Å²) in [4.78, 5) is 8.15. The molecule has 2 aromatic heterocycles. The molecule has 0 saturated carbocycles. The Morgan fingerprint density at radius 2 is 1.83 bits per heavy atom. The summed E-state index contributed by atoms with van der Waals surface area (Å²) in [7, 11) is 1.67. The van der Waals surface area contributed by atoms with Gasteiger partial charge >= 0.3 is 0 Å². The van der Waals surface area contributed by atoms with E-state index in [-0.39, 0.29) is 5.95 Å². The van der Waals surface area contributed by atoms with E-state index in [0.717, 1.165) is 44.2 Å². The van der Waals surface area contributed by atoms with Crippen LogP contribution in [0.2, 0.25) is 0 Å². The van der Waals surface area contributed by atoms with E-state index < -0.39 is 0 Å². The standard InChI is InChI=1S/C22H18N6O/c1-29-18-5-4-13-8-15(3-2-14(13)10-18)19-11-17(9-16-12-25-28-21(16)19)26-20-6-7-24-22(23)27-20/h2-12H,1H3,(H,25,28)(H3,23,24,26,27). The molecule has 0 bridgehead atoms. The quantitative estimate of drug-likeness (QED) is 0.423. The number of nitrogens with two attached hydrogens (primary N) is 1. The number of anilines is 3. The van der Waals surface area contributed by atoms with Crippen LogP contribution in [0.5, 0.6) is 5.75 Å². The van der Waals surface area contributed by atoms with E-state index >= 15 is 0 Å². The van der Waals surface area contributed by atoms with Crippen LogP contribution in [0.1, 0.15) is 0 Å². The third kappa shape index (κ3) is 3.19. The Labute approximate surface area is 166 Å². The average molecular weight is 382 g/mol. The minimum absolute atomic E-state index is 0.226. The molecule has 0 fully saturated rings. The number of fused-ring (bicyclic) bond motifs is 2. The fourth-order valence-corrected chi connectivity index (χ4v) is 3.47. The Morgan fingerprint density at radius 3 is 2.69 bits per heavy atom. The highest BCUT2D eigenvalue weighted by Gasteiger charge is 2.10. The van der Waals surface area contributed by atoms with Crippen molar-refractivity contribution in [1.82, 2.24) is 20.2 Å². The molecule has 29 heavy (non-hydrogen) atoms. The van der Waals surface area contributed by atoms with Gasteiger partial charge < -0.3 is 15.8 Å². The van der Waals surface area contributed by atoms with Crippen LogP contribution in [-0.2, 0) is 0 Å². The Balaban J connectivity index is 1.62. The summed E-state index contributed by atoms with van der Waals surface area (Å²) in [6.45, 7) is 0. The summed E-state index contributed by atoms with van der Waals surface area (Å²) in [5.74, 6) is 1.71. The van der Waals surface area contributed by atoms with Crippen molar-refractivity contribution >= 4 is 39.1 Å². The van der Waals surface area contributed by atoms with Gasteiger partial charge in [0.1, 0.15) is 11.6 Å². The number of benzene rings is 3. The number of methoxy groups -OCH3 is 1. The molecule has 0 aliphatic carbocycles. The van der Waals surface area contributed by atoms with Gasteiger partial charge in [0.25, 0.3) is 0 Å². The van der Waals surface area contributed by atoms with Gasteiger partial charge in [0, 0.05) is 22.8 Å². The van der Waals surface area contributed by atoms with Gasteiger partial charge in [0.15, 0.2) is 0 Å². The second-order valence-corrected chi connectivity index (χ2v) is 6.71. The lowest BCUT2D eigenvalue weighted by Crippen LogP contribution is -1.99. The zero-order valence-electron chi connectivity index (χ0n) is 15.7. The predicted octanol–water partition coefficient (Wildman–Crippen LogP) is 4.51. The van der Waals surface area contributed by atoms with Crippen LogP contribution in [-0.4, -0.2) is 27.3 Å². The van der Waals surface area contributed by atoms with Crippen molar-refractivity contribution in [3.63, 3.8) is 0 Å². The summed E-state index contributed by atoms with van der Waals surface area (Å²) >= 11 is 0. The number of rotatable bonds is 4. The van der Waals surface area contributed by atoms with E-state index in [9.17, 15) is 0 Å². The lowest BCUT2D eigenvalue weighted by Gasteiger charge is -2.11. The first-order valence-corrected chi connectivity index (χ1v) is 9.10. The van der Waals surface area contributed by atoms with Crippen LogP contribution in [0.15, 0.2) is 67.0 Å². The first-order valence-electron chi connectivity index (χ1n) is 9.10. The van der Waals surface area contributed by atoms with Gasteiger partial charge in [-0.15, -0.1) is 0 Å². The van der Waals surface area contributed by atoms with Gasteiger partial charge in [-0.05, 0) is 52.7 Å². The second-order valence-electron chi connectivity index (χ2n) is 6.71. The SMILES string of the molecule is COc1ccc2cc(-c3cc(Nc4ccnc(N)n4)cc4cn[nH]c34)ccc2c1. The number of hydrogen-bond acceptors (Lipinski definition) is 6. The van der Waals surface area contributed by atoms with E-state index in [2.05, 4.69) is 55.8 Å². The lowest BCUT2D eigenvalue weighted by molar-refractivity contribution is 0.415. The number of aromatic nitrogens is 4. The predicted molar refractivity (Wildman–Crippen MR) is 115 cm³/mol. The molecule has 5 aromatic rings. The maximum absolute atomic E-state index is 5.69. The summed E-state index contributed by atoms with van der Waals surface area (Å²) in [6.07, 6.45) is 3.43. The van der Waals surface area contributed by atoms with E-state index in [4.69, 9.17) is 10.5 Å². The summed E-state index contributed by atoms with van der Waals surface area (Å²) in [5, 5.41) is 13.9. The lowest BCUT2D eigenvalue weighted by atomic mass is 9.99. The van der Waals surface area contributed by atoms with E-state index in [1.54, 1.807) is 19.4 Å². The highest BCUT2D eigenvalue weighted by Crippen LogP contribution is 2.34. The van der Waals surface area contributed by atoms with Crippen molar-refractivity contribution < 1.29 is 4.74 Å². The molecule has 7 heteroatoms. The highest BCUT2D eigenvalue weighted by atomic mass is 16.5. The van der Waals surface area contributed by atoms with Crippen molar-refractivity contribution in [3.05, 3.63) is 67.0 Å². The molecule has 3 aromatic carbocycles.